The third-order valence-corrected chi connectivity index (χ3v) is 4.27. The number of aromatic nitrogens is 3. The van der Waals surface area contributed by atoms with Gasteiger partial charge in [-0.15, -0.1) is 0 Å². The van der Waals surface area contributed by atoms with E-state index in [0.29, 0.717) is 13.1 Å². The van der Waals surface area contributed by atoms with Gasteiger partial charge in [0.05, 0.1) is 12.7 Å². The molecule has 2 aromatic rings. The Balaban J connectivity index is 1.57. The van der Waals surface area contributed by atoms with Crippen LogP contribution in [0.1, 0.15) is 22.0 Å². The highest BCUT2D eigenvalue weighted by molar-refractivity contribution is 5.96. The van der Waals surface area contributed by atoms with Crippen LogP contribution in [-0.4, -0.2) is 62.3 Å². The van der Waals surface area contributed by atoms with Crippen LogP contribution in [-0.2, 0) is 11.8 Å². The lowest BCUT2D eigenvalue weighted by Gasteiger charge is -2.16. The van der Waals surface area contributed by atoms with E-state index >= 15 is 0 Å². The van der Waals surface area contributed by atoms with Gasteiger partial charge in [0.1, 0.15) is 5.75 Å². The van der Waals surface area contributed by atoms with Crippen molar-refractivity contribution in [1.29, 1.82) is 0 Å². The van der Waals surface area contributed by atoms with E-state index in [1.165, 1.54) is 18.3 Å². The van der Waals surface area contributed by atoms with Gasteiger partial charge in [-0.05, 0) is 17.7 Å². The highest BCUT2D eigenvalue weighted by Gasteiger charge is 2.34. The number of aromatic hydroxyl groups is 1. The molecule has 0 radical (unpaired) electrons. The van der Waals surface area contributed by atoms with E-state index in [9.17, 15) is 14.7 Å². The first-order chi connectivity index (χ1) is 12.0. The maximum atomic E-state index is 12.3. The minimum Gasteiger partial charge on any atom is -0.505 e. The molecule has 9 nitrogen and oxygen atoms in total. The summed E-state index contributed by atoms with van der Waals surface area (Å²) in [6.07, 6.45) is 5.04. The van der Waals surface area contributed by atoms with Gasteiger partial charge in [-0.25, -0.2) is 4.98 Å². The predicted molar refractivity (Wildman–Crippen MR) is 88.7 cm³/mol. The number of hydrogen-bond acceptors (Lipinski definition) is 6. The molecule has 2 amide bonds. The molecule has 1 fully saturated rings. The Morgan fingerprint density at radius 3 is 2.92 bits per heavy atom. The summed E-state index contributed by atoms with van der Waals surface area (Å²) in [6, 6.07) is 2.70. The Labute approximate surface area is 144 Å². The summed E-state index contributed by atoms with van der Waals surface area (Å²) in [5.74, 6) is -1.04. The second kappa shape index (κ2) is 6.89. The van der Waals surface area contributed by atoms with Crippen LogP contribution in [0.4, 0.5) is 0 Å². The molecule has 0 spiro atoms. The highest BCUT2D eigenvalue weighted by Crippen LogP contribution is 2.26. The van der Waals surface area contributed by atoms with Gasteiger partial charge in [-0.3, -0.25) is 14.3 Å². The van der Waals surface area contributed by atoms with Crippen molar-refractivity contribution in [2.45, 2.75) is 12.0 Å². The van der Waals surface area contributed by atoms with Crippen molar-refractivity contribution in [2.75, 3.05) is 19.6 Å². The Morgan fingerprint density at radius 2 is 2.24 bits per heavy atom. The molecule has 0 aliphatic carbocycles. The summed E-state index contributed by atoms with van der Waals surface area (Å²) < 4.78 is 1.70. The van der Waals surface area contributed by atoms with Crippen LogP contribution in [0.3, 0.4) is 0 Å². The normalized spacial score (nSPS) is 19.8. The number of carbonyl (C=O) groups excluding carboxylic acids is 2. The number of likely N-dealkylation sites (tertiary alicyclic amines) is 1. The minimum atomic E-state index is -0.598. The summed E-state index contributed by atoms with van der Waals surface area (Å²) in [6.45, 7) is 0.723. The zero-order valence-corrected chi connectivity index (χ0v) is 13.8. The zero-order chi connectivity index (χ0) is 18.0. The molecule has 4 N–H and O–H groups in total. The molecule has 0 aromatic carbocycles. The molecule has 0 saturated carbocycles. The second-order valence-corrected chi connectivity index (χ2v) is 6.07. The lowest BCUT2D eigenvalue weighted by Crippen LogP contribution is -2.40. The molecule has 2 aromatic heterocycles. The van der Waals surface area contributed by atoms with E-state index in [1.807, 2.05) is 13.2 Å². The highest BCUT2D eigenvalue weighted by atomic mass is 16.3. The number of nitrogens with one attached hydrogen (secondary N) is 1. The van der Waals surface area contributed by atoms with Gasteiger partial charge in [-0.2, -0.15) is 5.10 Å². The third kappa shape index (κ3) is 3.61. The van der Waals surface area contributed by atoms with Gasteiger partial charge in [0.25, 0.3) is 5.91 Å². The van der Waals surface area contributed by atoms with E-state index in [1.54, 1.807) is 15.8 Å². The van der Waals surface area contributed by atoms with Crippen LogP contribution in [0.25, 0.3) is 0 Å². The van der Waals surface area contributed by atoms with E-state index < -0.39 is 5.91 Å². The molecule has 25 heavy (non-hydrogen) atoms. The summed E-state index contributed by atoms with van der Waals surface area (Å²) in [5.41, 5.74) is 7.04. The number of pyridine rings is 1. The van der Waals surface area contributed by atoms with E-state index in [-0.39, 0.29) is 35.9 Å². The van der Waals surface area contributed by atoms with Gasteiger partial charge in [-0.1, -0.05) is 0 Å². The average Bonchev–Trinajstić information content (AvgIpc) is 3.18. The van der Waals surface area contributed by atoms with Gasteiger partial charge < -0.3 is 21.1 Å². The fourth-order valence-electron chi connectivity index (χ4n) is 2.94. The zero-order valence-electron chi connectivity index (χ0n) is 13.8. The van der Waals surface area contributed by atoms with Gasteiger partial charge >= 0.3 is 0 Å². The molecular weight excluding hydrogens is 324 g/mol. The van der Waals surface area contributed by atoms with Crippen LogP contribution in [0.15, 0.2) is 30.7 Å². The first-order valence-electron chi connectivity index (χ1n) is 7.89. The maximum Gasteiger partial charge on any atom is 0.274 e. The number of nitrogens with two attached hydrogens (primary N) is 1. The molecule has 0 bridgehead atoms. The number of hydrogen-bond donors (Lipinski definition) is 3. The van der Waals surface area contributed by atoms with Crippen LogP contribution in [0.2, 0.25) is 0 Å². The molecule has 1 aliphatic heterocycles. The van der Waals surface area contributed by atoms with Gasteiger partial charge in [0.15, 0.2) is 5.69 Å². The first kappa shape index (κ1) is 16.9. The van der Waals surface area contributed by atoms with Crippen molar-refractivity contribution in [1.82, 2.24) is 25.0 Å². The topological polar surface area (TPSA) is 126 Å². The maximum absolute atomic E-state index is 12.3. The minimum absolute atomic E-state index is 0.0215. The fourth-order valence-corrected chi connectivity index (χ4v) is 2.94. The molecule has 9 heteroatoms. The van der Waals surface area contributed by atoms with Crippen molar-refractivity contribution >= 4 is 11.8 Å². The smallest absolute Gasteiger partial charge is 0.274 e. The molecule has 1 aliphatic rings. The first-order valence-corrected chi connectivity index (χ1v) is 7.89. The monoisotopic (exact) mass is 344 g/mol. The van der Waals surface area contributed by atoms with Crippen molar-refractivity contribution in [3.8, 4) is 5.75 Å². The standard InChI is InChI=1S/C16H20N6O3/c1-21-7-10(5-20-21)11-8-22(9-12(11)17)14(24)6-19-16(25)15-13(23)3-2-4-18-15/h2-5,7,11-12,23H,6,8-9,17H2,1H3,(H,19,25)/t11-,12+/m0/s1. The van der Waals surface area contributed by atoms with Crippen molar-refractivity contribution in [3.63, 3.8) is 0 Å². The molecule has 0 unspecified atom stereocenters. The number of aryl methyl sites for hydroxylation is 1. The summed E-state index contributed by atoms with van der Waals surface area (Å²) in [4.78, 5) is 29.8. The Bertz CT molecular complexity index is 790. The fraction of sp³-hybridized carbons (Fsp3) is 0.375. The predicted octanol–water partition coefficient (Wildman–Crippen LogP) is -0.796. The number of amides is 2. The van der Waals surface area contributed by atoms with Crippen LogP contribution in [0.5, 0.6) is 5.75 Å². The van der Waals surface area contributed by atoms with E-state index in [0.717, 1.165) is 5.56 Å². The summed E-state index contributed by atoms with van der Waals surface area (Å²) in [5, 5.41) is 16.2. The molecule has 2 atom stereocenters. The lowest BCUT2D eigenvalue weighted by atomic mass is 9.98. The number of rotatable bonds is 4. The van der Waals surface area contributed by atoms with Gasteiger partial charge in [0, 0.05) is 44.5 Å². The van der Waals surface area contributed by atoms with E-state index in [4.69, 9.17) is 5.73 Å². The SMILES string of the molecule is Cn1cc([C@@H]2CN(C(=O)CNC(=O)c3ncccc3O)C[C@H]2N)cn1. The Hall–Kier alpha value is -2.94. The Morgan fingerprint density at radius 1 is 1.44 bits per heavy atom. The van der Waals surface area contributed by atoms with E-state index in [2.05, 4.69) is 15.4 Å². The third-order valence-electron chi connectivity index (χ3n) is 4.27. The molecular formula is C16H20N6O3. The van der Waals surface area contributed by atoms with Crippen molar-refractivity contribution in [2.24, 2.45) is 12.8 Å². The second-order valence-electron chi connectivity index (χ2n) is 6.07. The lowest BCUT2D eigenvalue weighted by molar-refractivity contribution is -0.129. The molecule has 132 valence electrons. The summed E-state index contributed by atoms with van der Waals surface area (Å²) in [7, 11) is 1.83. The molecule has 3 rings (SSSR count). The Kier molecular flexibility index (Phi) is 4.66. The van der Waals surface area contributed by atoms with Crippen molar-refractivity contribution < 1.29 is 14.7 Å². The van der Waals surface area contributed by atoms with Crippen molar-refractivity contribution in [3.05, 3.63) is 42.0 Å². The summed E-state index contributed by atoms with van der Waals surface area (Å²) >= 11 is 0. The molecule has 1 saturated heterocycles. The van der Waals surface area contributed by atoms with Crippen LogP contribution >= 0.6 is 0 Å². The molecule has 3 heterocycles. The average molecular weight is 344 g/mol. The largest absolute Gasteiger partial charge is 0.505 e. The number of carbonyl (C=O) groups is 2. The van der Waals surface area contributed by atoms with Crippen LogP contribution in [0, 0.1) is 0 Å². The van der Waals surface area contributed by atoms with Crippen LogP contribution < -0.4 is 11.1 Å². The quantitative estimate of drug-likeness (QED) is 0.667. The van der Waals surface area contributed by atoms with Gasteiger partial charge in [0.2, 0.25) is 5.91 Å². The number of nitrogens with zero attached hydrogens (tertiary/aromatic N) is 4.